The fourth-order valence-corrected chi connectivity index (χ4v) is 19.2. The lowest BCUT2D eigenvalue weighted by Crippen LogP contribution is -2.47. The zero-order chi connectivity index (χ0) is 90.0. The number of hydrogen-bond donors (Lipinski definition) is 4. The first-order valence-electron chi connectivity index (χ1n) is 37.2. The highest BCUT2D eigenvalue weighted by atomic mass is 35.9. The number of alkyl halides is 3. The molecule has 14 atom stereocenters. The molecule has 123 heavy (non-hydrogen) atoms. The quantitative estimate of drug-likeness (QED) is 0.0227. The van der Waals surface area contributed by atoms with Crippen LogP contribution in [0.4, 0.5) is 0 Å². The third-order valence-electron chi connectivity index (χ3n) is 17.5. The van der Waals surface area contributed by atoms with Crippen molar-refractivity contribution in [1.29, 1.82) is 0 Å². The summed E-state index contributed by atoms with van der Waals surface area (Å²) in [6, 6.07) is 22.3. The van der Waals surface area contributed by atoms with E-state index in [1.807, 2.05) is 144 Å². The van der Waals surface area contributed by atoms with Crippen LogP contribution in [0.5, 0.6) is 0 Å². The van der Waals surface area contributed by atoms with E-state index in [9.17, 15) is 71.9 Å². The summed E-state index contributed by atoms with van der Waals surface area (Å²) in [6.07, 6.45) is -8.15. The average molecular weight is 1970 g/mol. The molecule has 5 aliphatic rings. The van der Waals surface area contributed by atoms with Crippen LogP contribution in [0.1, 0.15) is 156 Å². The van der Waals surface area contributed by atoms with Crippen LogP contribution in [0.25, 0.3) is 0 Å². The molecule has 3 aromatic heterocycles. The van der Waals surface area contributed by atoms with Crippen LogP contribution in [-0.4, -0.2) is 184 Å². The van der Waals surface area contributed by atoms with Crippen molar-refractivity contribution in [2.24, 2.45) is 21.7 Å². The van der Waals surface area contributed by atoms with E-state index in [1.54, 1.807) is 13.8 Å². The third kappa shape index (κ3) is 33.2. The average Bonchev–Trinajstić information content (AvgIpc) is 1.60. The Bertz CT molecular complexity index is 4800. The number of benzene rings is 2. The lowest BCUT2D eigenvalue weighted by atomic mass is 9.99. The van der Waals surface area contributed by atoms with Crippen molar-refractivity contribution in [2.75, 3.05) is 69.3 Å². The lowest BCUT2D eigenvalue weighted by molar-refractivity contribution is -0.118. The van der Waals surface area contributed by atoms with Crippen molar-refractivity contribution in [3.05, 3.63) is 171 Å². The molecule has 5 aromatic rings. The highest BCUT2D eigenvalue weighted by Crippen LogP contribution is 2.62. The summed E-state index contributed by atoms with van der Waals surface area (Å²) in [6.45, 7) is 26.0. The van der Waals surface area contributed by atoms with E-state index in [4.69, 9.17) is 113 Å². The van der Waals surface area contributed by atoms with Crippen molar-refractivity contribution in [3.8, 4) is 0 Å². The van der Waals surface area contributed by atoms with Gasteiger partial charge >= 0.3 is 38.8 Å². The number of rotatable bonds is 26. The molecule has 34 nitrogen and oxygen atoms in total. The van der Waals surface area contributed by atoms with Gasteiger partial charge in [0.2, 0.25) is 0 Å². The van der Waals surface area contributed by atoms with Crippen molar-refractivity contribution in [1.82, 2.24) is 27.8 Å². The molecule has 4 N–H and O–H groups in total. The van der Waals surface area contributed by atoms with Crippen LogP contribution in [0.2, 0.25) is 0 Å². The van der Waals surface area contributed by atoms with Crippen molar-refractivity contribution >= 4 is 147 Å². The van der Waals surface area contributed by atoms with Crippen LogP contribution in [0.3, 0.4) is 0 Å². The first-order chi connectivity index (χ1) is 55.6. The number of carbonyl (C=O) groups excluding carboxylic acids is 4. The third-order valence-corrected chi connectivity index (χ3v) is 27.6. The Morgan fingerprint density at radius 3 is 1.22 bits per heavy atom. The summed E-state index contributed by atoms with van der Waals surface area (Å²) in [5.41, 5.74) is -3.55. The van der Waals surface area contributed by atoms with E-state index in [0.717, 1.165) is 64.7 Å². The maximum Gasteiger partial charge on any atom is 0.475 e. The zero-order valence-corrected chi connectivity index (χ0v) is 78.4. The van der Waals surface area contributed by atoms with Gasteiger partial charge in [0.25, 0.3) is 16.7 Å². The van der Waals surface area contributed by atoms with Gasteiger partial charge in [-0.1, -0.05) is 213 Å². The number of ether oxygens (including phenoxy) is 5. The summed E-state index contributed by atoms with van der Waals surface area (Å²) >= 11 is 34.6. The molecule has 0 saturated carbocycles. The molecule has 10 rings (SSSR count). The highest BCUT2D eigenvalue weighted by molar-refractivity contribution is 8.14. The maximum atomic E-state index is 13.3. The monoisotopic (exact) mass is 1970 g/mol. The largest absolute Gasteiger partial charge is 0.475 e. The van der Waals surface area contributed by atoms with Gasteiger partial charge in [-0.25, -0.2) is 32.6 Å². The number of halogens is 5. The standard InChI is InChI=1S/C25H32ClN2O9PS.C18H21ClN2O6.C17H24ClN2O8PS.C7H13Cl2O3PS.C7H14O2S.3CH4/c1-24(2,3)22(30)39-13-12-34-38(32)35-15-18-20(37-38)25(4,26)21(36-18)27-11-10-19(29)28(23(27)31)16-33-14-17-8-6-5-7-9-17;1-18(19)15(24)13(9-22)27-16(18)20-8-7-14(23)21(17(20)25)11-26-10-12-5-3-2-4-6-12;1-16(2,3)14(22)30-8-7-25-29(24)26-9-10-12(28-29)17(4,18)13(27-10)20-6-5-11(21)19-15(20)23;1-7(2,3)6(10)14-5-4-12-13(8,9)11;1-7(2,3)6(9)10-5-4-8;;;/h5-11,18,20-21H,12-16H2,1-4H3;2-8,13,15-16,22,24H,9-11H2,1H3;5-6,10,12-13H,7-9H2,1-4H3,(H,19,21,23);4-5H2,1-3H3;8H,4-5H2,1-3H3;3*1H4/t18-,20-,21-,25-,38?;13-,15-,16-,18-;10-,12-,13-,17-,29?;;;;;/m111...../s1. The Morgan fingerprint density at radius 1 is 0.528 bits per heavy atom. The minimum absolute atomic E-state index is 0. The van der Waals surface area contributed by atoms with Gasteiger partial charge in [0.15, 0.2) is 39.1 Å². The molecule has 5 aliphatic heterocycles. The van der Waals surface area contributed by atoms with E-state index >= 15 is 0 Å². The number of carbonyl (C=O) groups is 4. The van der Waals surface area contributed by atoms with Crippen molar-refractivity contribution in [3.63, 3.8) is 0 Å². The van der Waals surface area contributed by atoms with E-state index in [2.05, 4.69) is 9.51 Å². The van der Waals surface area contributed by atoms with Crippen LogP contribution >= 0.6 is 126 Å². The number of fused-ring (bicyclic) bond motifs is 2. The van der Waals surface area contributed by atoms with E-state index < -0.39 is 143 Å². The van der Waals surface area contributed by atoms with E-state index in [1.165, 1.54) is 60.0 Å². The van der Waals surface area contributed by atoms with Gasteiger partial charge in [-0.15, -0.1) is 34.8 Å². The summed E-state index contributed by atoms with van der Waals surface area (Å²) in [4.78, 5) is 119. The van der Waals surface area contributed by atoms with Crippen LogP contribution in [-0.2, 0) is 115 Å². The van der Waals surface area contributed by atoms with Gasteiger partial charge < -0.3 is 43.5 Å². The normalized spacial score (nSPS) is 25.9. The molecule has 0 aliphatic carbocycles. The van der Waals surface area contributed by atoms with E-state index in [-0.39, 0.29) is 131 Å². The van der Waals surface area contributed by atoms with Gasteiger partial charge in [0.05, 0.1) is 59.5 Å². The van der Waals surface area contributed by atoms with Crippen LogP contribution in [0.15, 0.2) is 126 Å². The number of H-pyrrole nitrogens is 1. The Balaban J connectivity index is 0.000000420. The summed E-state index contributed by atoms with van der Waals surface area (Å²) in [5, 5.41) is 28.1. The molecular weight excluding hydrogens is 1860 g/mol. The zero-order valence-electron chi connectivity index (χ0n) is 68.7. The smallest absolute Gasteiger partial charge is 0.396 e. The molecule has 0 amide bonds. The lowest BCUT2D eigenvalue weighted by Gasteiger charge is -2.34. The molecule has 0 spiro atoms. The molecule has 2 aromatic carbocycles. The van der Waals surface area contributed by atoms with Gasteiger partial charge in [0.1, 0.15) is 64.7 Å². The second-order valence-corrected chi connectivity index (χ2v) is 46.1. The fraction of sp³-hybridized carbons (Fsp3) is 0.636. The Morgan fingerprint density at radius 2 is 0.878 bits per heavy atom. The van der Waals surface area contributed by atoms with E-state index in [0.29, 0.717) is 11.5 Å². The van der Waals surface area contributed by atoms with Gasteiger partial charge in [-0.3, -0.25) is 84.0 Å². The number of aliphatic hydroxyl groups is 3. The Kier molecular flexibility index (Phi) is 45.0. The second kappa shape index (κ2) is 48.8. The van der Waals surface area contributed by atoms with Crippen molar-refractivity contribution < 1.29 is 104 Å². The van der Waals surface area contributed by atoms with Crippen LogP contribution in [0, 0.1) is 21.7 Å². The second-order valence-electron chi connectivity index (χ2n) is 31.9. The Labute approximate surface area is 757 Å². The number of aromatic amines is 1. The predicted octanol–water partition coefficient (Wildman–Crippen LogP) is 13.7. The molecule has 2 unspecified atom stereocenters. The van der Waals surface area contributed by atoms with Gasteiger partial charge in [-0.05, 0) is 54.4 Å². The minimum atomic E-state index is -4.01. The predicted molar refractivity (Wildman–Crippen MR) is 480 cm³/mol. The number of phosphoric acid groups is 2. The first-order valence-corrected chi connectivity index (χ1v) is 48.6. The van der Waals surface area contributed by atoms with Crippen LogP contribution < -0.4 is 33.7 Å². The molecule has 5 saturated heterocycles. The summed E-state index contributed by atoms with van der Waals surface area (Å²) < 4.78 is 108. The highest BCUT2D eigenvalue weighted by Gasteiger charge is 2.62. The first kappa shape index (κ1) is 113. The molecule has 8 heterocycles. The Hall–Kier alpha value is -3.90. The minimum Gasteiger partial charge on any atom is -0.396 e. The van der Waals surface area contributed by atoms with Gasteiger partial charge in [-0.2, -0.15) is 0 Å². The number of hydrogen-bond acceptors (Lipinski definition) is 32. The number of aliphatic hydroxyl groups excluding tert-OH is 3. The number of aromatic nitrogens is 6. The molecule has 46 heteroatoms. The van der Waals surface area contributed by atoms with Gasteiger partial charge in [0, 0.05) is 81.5 Å². The number of phosphoric ester groups is 2. The summed E-state index contributed by atoms with van der Waals surface area (Å²) in [7, 11) is -7.94. The molecule has 5 fully saturated rings. The van der Waals surface area contributed by atoms with Crippen molar-refractivity contribution in [2.45, 2.75) is 223 Å². The summed E-state index contributed by atoms with van der Waals surface area (Å²) in [5.74, 6) is 1.46. The maximum absolute atomic E-state index is 13.3. The molecule has 0 radical (unpaired) electrons. The SMILES string of the molecule is C.C.C.CC(C)(C)C(=O)SCCO.CC(C)(C)C(=O)SCCOP(=O)(Cl)Cl.CC(C)(C)C(=O)SCCOP1(=O)OC[C@H]2O[C@@H](n3ccc(=O)[nH]c3=O)[C@](C)(Cl)[C@@H]2O1.CC(C)(C)C(=O)SCCOP1(=O)OC[C@H]2O[C@@H](n3ccc(=O)n(COCc4ccccc4)c3=O)[C@](C)(Cl)[C@@H]2O1.C[C@@]1(Cl)[C@H](O)[C@@H](CO)O[C@H]1n1ccc(=O)n(COCc2ccccc2)c1=O. The fourth-order valence-electron chi connectivity index (χ4n) is 11.0. The topological polar surface area (TPSA) is 434 Å². The molecule has 0 bridgehead atoms. The number of nitrogens with one attached hydrogen (secondary N) is 1. The number of thioether (sulfide) groups is 4. The molecular formula is C77H116Cl5N6O28P3S4. The number of nitrogens with zero attached hydrogens (tertiary/aromatic N) is 5. The molecule has 696 valence electrons.